The van der Waals surface area contributed by atoms with Gasteiger partial charge in [0.15, 0.2) is 0 Å². The molecular formula is C26H45NO2. The molecule has 0 atom stereocenters. The van der Waals surface area contributed by atoms with Gasteiger partial charge in [0.05, 0.1) is 0 Å². The first kappa shape index (κ1) is 27.2. The number of carboxylic acid groups (broad SMARTS) is 1. The Labute approximate surface area is 180 Å². The highest BCUT2D eigenvalue weighted by Crippen LogP contribution is 2.09. The molecule has 0 aliphatic carbocycles. The van der Waals surface area contributed by atoms with Gasteiger partial charge in [0.2, 0.25) is 0 Å². The summed E-state index contributed by atoms with van der Waals surface area (Å²) in [5.74, 6) is -0.664. The minimum absolute atomic E-state index is 0.332. The number of aliphatic carboxylic acids is 1. The maximum atomic E-state index is 10.3. The van der Waals surface area contributed by atoms with Gasteiger partial charge in [-0.15, -0.1) is 0 Å². The molecule has 1 rings (SSSR count). The molecule has 0 aromatic heterocycles. The van der Waals surface area contributed by atoms with Crippen molar-refractivity contribution >= 4 is 11.7 Å². The van der Waals surface area contributed by atoms with Crippen molar-refractivity contribution in [2.45, 2.75) is 104 Å². The zero-order valence-corrected chi connectivity index (χ0v) is 19.0. The molecule has 0 bridgehead atoms. The van der Waals surface area contributed by atoms with E-state index in [1.165, 1.54) is 76.3 Å². The quantitative estimate of drug-likeness (QED) is 0.203. The normalized spacial score (nSPS) is 10.6. The zero-order chi connectivity index (χ0) is 21.4. The summed E-state index contributed by atoms with van der Waals surface area (Å²) in [6.45, 7) is 5.34. The number of carbonyl (C=O) groups is 1. The van der Waals surface area contributed by atoms with Crippen LogP contribution in [0.25, 0.3) is 0 Å². The second-order valence-electron chi connectivity index (χ2n) is 7.62. The van der Waals surface area contributed by atoms with Crippen molar-refractivity contribution in [1.29, 1.82) is 0 Å². The number of hydrogen-bond donors (Lipinski definition) is 2. The molecule has 3 heteroatoms. The highest BCUT2D eigenvalue weighted by molar-refractivity contribution is 5.66. The third-order valence-electron chi connectivity index (χ3n) is 4.81. The van der Waals surface area contributed by atoms with Crippen molar-refractivity contribution in [2.24, 2.45) is 0 Å². The molecule has 0 heterocycles. The Bertz CT molecular complexity index is 485. The number of anilines is 1. The summed E-state index contributed by atoms with van der Waals surface area (Å²) in [5.41, 5.74) is 1.19. The van der Waals surface area contributed by atoms with Crippen molar-refractivity contribution in [1.82, 2.24) is 0 Å². The predicted octanol–water partition coefficient (Wildman–Crippen LogP) is 8.23. The van der Waals surface area contributed by atoms with Crippen LogP contribution in [0.5, 0.6) is 0 Å². The van der Waals surface area contributed by atoms with Crippen LogP contribution in [0.2, 0.25) is 0 Å². The number of para-hydroxylation sites is 1. The average Bonchev–Trinajstić information content (AvgIpc) is 2.72. The first-order chi connectivity index (χ1) is 14.2. The molecule has 0 saturated carbocycles. The van der Waals surface area contributed by atoms with Crippen LogP contribution < -0.4 is 5.32 Å². The Morgan fingerprint density at radius 1 is 0.793 bits per heavy atom. The monoisotopic (exact) mass is 403 g/mol. The van der Waals surface area contributed by atoms with Gasteiger partial charge in [-0.25, -0.2) is 0 Å². The molecule has 29 heavy (non-hydrogen) atoms. The van der Waals surface area contributed by atoms with Crippen molar-refractivity contribution in [2.75, 3.05) is 11.9 Å². The molecule has 2 N–H and O–H groups in total. The third kappa shape index (κ3) is 22.4. The van der Waals surface area contributed by atoms with Gasteiger partial charge in [-0.3, -0.25) is 4.79 Å². The Morgan fingerprint density at radius 3 is 1.83 bits per heavy atom. The molecule has 0 amide bonds. The van der Waals surface area contributed by atoms with E-state index in [1.807, 2.05) is 18.2 Å². The van der Waals surface area contributed by atoms with Crippen molar-refractivity contribution in [3.05, 3.63) is 42.5 Å². The van der Waals surface area contributed by atoms with Crippen LogP contribution in [0.4, 0.5) is 5.69 Å². The highest BCUT2D eigenvalue weighted by atomic mass is 16.4. The summed E-state index contributed by atoms with van der Waals surface area (Å²) < 4.78 is 0. The fourth-order valence-electron chi connectivity index (χ4n) is 3.11. The second-order valence-corrected chi connectivity index (χ2v) is 7.62. The molecule has 0 aliphatic rings. The van der Waals surface area contributed by atoms with E-state index in [0.29, 0.717) is 6.42 Å². The fourth-order valence-corrected chi connectivity index (χ4v) is 3.11. The van der Waals surface area contributed by atoms with Crippen LogP contribution in [0.1, 0.15) is 104 Å². The molecule has 0 aliphatic heterocycles. The van der Waals surface area contributed by atoms with Crippen molar-refractivity contribution < 1.29 is 9.90 Å². The van der Waals surface area contributed by atoms with Crippen LogP contribution in [-0.2, 0) is 4.79 Å². The molecule has 3 nitrogen and oxygen atoms in total. The Balaban J connectivity index is 0.000000717. The van der Waals surface area contributed by atoms with Crippen LogP contribution in [-0.4, -0.2) is 17.6 Å². The molecule has 0 fully saturated rings. The van der Waals surface area contributed by atoms with E-state index in [9.17, 15) is 4.79 Å². The van der Waals surface area contributed by atoms with Crippen LogP contribution >= 0.6 is 0 Å². The number of benzene rings is 1. The molecule has 1 aromatic rings. The maximum Gasteiger partial charge on any atom is 0.303 e. The minimum atomic E-state index is -0.664. The summed E-state index contributed by atoms with van der Waals surface area (Å²) >= 11 is 0. The number of hydrogen-bond acceptors (Lipinski definition) is 2. The molecule has 0 radical (unpaired) electrons. The largest absolute Gasteiger partial charge is 0.481 e. The van der Waals surface area contributed by atoms with Crippen LogP contribution in [0, 0.1) is 0 Å². The summed E-state index contributed by atoms with van der Waals surface area (Å²) in [5, 5.41) is 11.7. The van der Waals surface area contributed by atoms with E-state index in [1.54, 1.807) is 0 Å². The fraction of sp³-hybridized carbons (Fsp3) is 0.654. The predicted molar refractivity (Wildman–Crippen MR) is 128 cm³/mol. The topological polar surface area (TPSA) is 49.3 Å². The summed E-state index contributed by atoms with van der Waals surface area (Å²) in [6, 6.07) is 10.2. The van der Waals surface area contributed by atoms with E-state index in [-0.39, 0.29) is 0 Å². The first-order valence-electron chi connectivity index (χ1n) is 11.9. The maximum absolute atomic E-state index is 10.3. The highest BCUT2D eigenvalue weighted by Gasteiger charge is 1.95. The SMILES string of the molecule is CCCCCCCCC=CCCCCCCCC(=O)O.CCNc1ccccc1. The zero-order valence-electron chi connectivity index (χ0n) is 19.0. The molecule has 0 spiro atoms. The first-order valence-corrected chi connectivity index (χ1v) is 11.9. The lowest BCUT2D eigenvalue weighted by atomic mass is 10.1. The molecule has 0 saturated heterocycles. The van der Waals surface area contributed by atoms with E-state index < -0.39 is 5.97 Å². The van der Waals surface area contributed by atoms with Crippen LogP contribution in [0.15, 0.2) is 42.5 Å². The van der Waals surface area contributed by atoms with E-state index >= 15 is 0 Å². The van der Waals surface area contributed by atoms with Gasteiger partial charge in [-0.2, -0.15) is 0 Å². The summed E-state index contributed by atoms with van der Waals surface area (Å²) in [7, 11) is 0. The number of carboxylic acids is 1. The third-order valence-corrected chi connectivity index (χ3v) is 4.81. The molecular weight excluding hydrogens is 358 g/mol. The standard InChI is InChI=1S/C18H34O2.C8H11N/c1-2-3-4-5-6-7-8-9-10-11-12-13-14-15-16-17-18(19)20;1-2-9-8-6-4-3-5-7-8/h9-10H,2-8,11-17H2,1H3,(H,19,20);3-7,9H,2H2,1H3. The number of unbranched alkanes of at least 4 members (excludes halogenated alkanes) is 11. The Hall–Kier alpha value is -1.77. The second kappa shape index (κ2) is 22.5. The summed E-state index contributed by atoms with van der Waals surface area (Å²) in [4.78, 5) is 10.3. The molecule has 166 valence electrons. The van der Waals surface area contributed by atoms with E-state index in [4.69, 9.17) is 5.11 Å². The van der Waals surface area contributed by atoms with Crippen molar-refractivity contribution in [3.63, 3.8) is 0 Å². The number of allylic oxidation sites excluding steroid dienone is 2. The lowest BCUT2D eigenvalue weighted by molar-refractivity contribution is -0.137. The van der Waals surface area contributed by atoms with Gasteiger partial charge in [-0.05, 0) is 51.2 Å². The summed E-state index contributed by atoms with van der Waals surface area (Å²) in [6.07, 6.45) is 21.2. The smallest absolute Gasteiger partial charge is 0.303 e. The minimum Gasteiger partial charge on any atom is -0.481 e. The Morgan fingerprint density at radius 2 is 1.31 bits per heavy atom. The van der Waals surface area contributed by atoms with Crippen LogP contribution in [0.3, 0.4) is 0 Å². The van der Waals surface area contributed by atoms with Gasteiger partial charge < -0.3 is 10.4 Å². The van der Waals surface area contributed by atoms with Gasteiger partial charge in [-0.1, -0.05) is 88.6 Å². The number of rotatable bonds is 17. The van der Waals surface area contributed by atoms with E-state index in [2.05, 4.69) is 43.4 Å². The van der Waals surface area contributed by atoms with Gasteiger partial charge in [0.1, 0.15) is 0 Å². The van der Waals surface area contributed by atoms with Gasteiger partial charge in [0, 0.05) is 18.7 Å². The van der Waals surface area contributed by atoms with Gasteiger partial charge >= 0.3 is 5.97 Å². The van der Waals surface area contributed by atoms with Crippen molar-refractivity contribution in [3.8, 4) is 0 Å². The average molecular weight is 404 g/mol. The van der Waals surface area contributed by atoms with Gasteiger partial charge in [0.25, 0.3) is 0 Å². The molecule has 1 aromatic carbocycles. The molecule has 0 unspecified atom stereocenters. The van der Waals surface area contributed by atoms with E-state index in [0.717, 1.165) is 19.4 Å². The number of nitrogens with one attached hydrogen (secondary N) is 1. The Kier molecular flexibility index (Phi) is 21.1. The lowest BCUT2D eigenvalue weighted by Crippen LogP contribution is -1.94. The lowest BCUT2D eigenvalue weighted by Gasteiger charge is -1.99.